The van der Waals surface area contributed by atoms with Gasteiger partial charge in [-0.1, -0.05) is 30.3 Å². The second kappa shape index (κ2) is 9.66. The summed E-state index contributed by atoms with van der Waals surface area (Å²) in [5, 5.41) is 11.0. The van der Waals surface area contributed by atoms with Gasteiger partial charge >= 0.3 is 5.97 Å². The van der Waals surface area contributed by atoms with E-state index in [1.165, 1.54) is 19.2 Å². The van der Waals surface area contributed by atoms with Crippen LogP contribution in [0.15, 0.2) is 81.9 Å². The number of hydrogen-bond acceptors (Lipinski definition) is 7. The molecule has 0 fully saturated rings. The fourth-order valence-corrected chi connectivity index (χ4v) is 3.72. The molecular weight excluding hydrogens is 492 g/mol. The third kappa shape index (κ3) is 5.09. The van der Waals surface area contributed by atoms with Crippen LogP contribution in [-0.4, -0.2) is 23.9 Å². The molecule has 1 heterocycles. The first-order valence-electron chi connectivity index (χ1n) is 9.76. The van der Waals surface area contributed by atoms with Crippen LogP contribution in [-0.2, 0) is 16.1 Å². The van der Waals surface area contributed by atoms with Crippen molar-refractivity contribution in [3.05, 3.63) is 104 Å². The zero-order chi connectivity index (χ0) is 23.4. The van der Waals surface area contributed by atoms with Crippen molar-refractivity contribution in [2.24, 2.45) is 4.99 Å². The normalized spacial score (nSPS) is 14.1. The van der Waals surface area contributed by atoms with Gasteiger partial charge in [0.15, 0.2) is 17.2 Å². The summed E-state index contributed by atoms with van der Waals surface area (Å²) < 4.78 is 17.2. The van der Waals surface area contributed by atoms with Gasteiger partial charge in [-0.05, 0) is 57.4 Å². The first-order chi connectivity index (χ1) is 15.9. The number of nitro benzene ring substituents is 1. The number of carbonyl (C=O) groups is 1. The van der Waals surface area contributed by atoms with Gasteiger partial charge in [0.1, 0.15) is 6.61 Å². The maximum Gasteiger partial charge on any atom is 0.363 e. The van der Waals surface area contributed by atoms with Crippen molar-refractivity contribution >= 4 is 39.6 Å². The molecule has 9 heteroatoms. The van der Waals surface area contributed by atoms with E-state index in [1.54, 1.807) is 30.3 Å². The number of cyclic esters (lactones) is 1. The van der Waals surface area contributed by atoms with E-state index in [1.807, 2.05) is 30.3 Å². The van der Waals surface area contributed by atoms with E-state index in [9.17, 15) is 14.9 Å². The average molecular weight is 509 g/mol. The van der Waals surface area contributed by atoms with Crippen molar-refractivity contribution < 1.29 is 23.9 Å². The van der Waals surface area contributed by atoms with Crippen molar-refractivity contribution in [3.8, 4) is 11.5 Å². The molecule has 0 amide bonds. The highest BCUT2D eigenvalue weighted by Crippen LogP contribution is 2.38. The lowest BCUT2D eigenvalue weighted by atomic mass is 10.1. The molecule has 3 aromatic rings. The predicted octanol–water partition coefficient (Wildman–Crippen LogP) is 5.29. The standard InChI is InChI=1S/C24H17BrN2O6/c1-31-21-13-16(12-20-24(28)33-23(26-20)17-7-3-2-4-8-17)11-19(25)22(21)32-14-15-6-5-9-18(10-15)27(29)30/h2-13H,14H2,1H3/b20-12-. The quantitative estimate of drug-likeness (QED) is 0.186. The highest BCUT2D eigenvalue weighted by Gasteiger charge is 2.24. The van der Waals surface area contributed by atoms with Crippen LogP contribution >= 0.6 is 15.9 Å². The summed E-state index contributed by atoms with van der Waals surface area (Å²) in [5.41, 5.74) is 2.14. The third-order valence-corrected chi connectivity index (χ3v) is 5.29. The number of benzene rings is 3. The molecule has 0 N–H and O–H groups in total. The summed E-state index contributed by atoms with van der Waals surface area (Å²) in [7, 11) is 1.49. The van der Waals surface area contributed by atoms with Crippen LogP contribution in [0.1, 0.15) is 16.7 Å². The van der Waals surface area contributed by atoms with Gasteiger partial charge in [0.2, 0.25) is 5.90 Å². The number of hydrogen-bond donors (Lipinski definition) is 0. The number of aliphatic imine (C=N–C) groups is 1. The Morgan fingerprint density at radius 3 is 2.64 bits per heavy atom. The minimum absolute atomic E-state index is 0.0111. The van der Waals surface area contributed by atoms with E-state index in [2.05, 4.69) is 20.9 Å². The summed E-state index contributed by atoms with van der Waals surface area (Å²) in [6, 6.07) is 18.8. The van der Waals surface area contributed by atoms with Crippen LogP contribution in [0.3, 0.4) is 0 Å². The van der Waals surface area contributed by atoms with E-state index < -0.39 is 10.9 Å². The molecule has 0 bridgehead atoms. The molecule has 0 aromatic heterocycles. The number of ether oxygens (including phenoxy) is 3. The van der Waals surface area contributed by atoms with Gasteiger partial charge in [0.25, 0.3) is 5.69 Å². The summed E-state index contributed by atoms with van der Waals surface area (Å²) in [6.45, 7) is 0.105. The number of rotatable bonds is 7. The molecule has 0 saturated heterocycles. The van der Waals surface area contributed by atoms with Crippen LogP contribution in [0, 0.1) is 10.1 Å². The van der Waals surface area contributed by atoms with Crippen LogP contribution in [0.25, 0.3) is 6.08 Å². The number of halogens is 1. The molecule has 4 rings (SSSR count). The van der Waals surface area contributed by atoms with E-state index in [0.717, 1.165) is 0 Å². The Morgan fingerprint density at radius 1 is 1.12 bits per heavy atom. The molecule has 3 aromatic carbocycles. The molecule has 166 valence electrons. The van der Waals surface area contributed by atoms with Crippen LogP contribution in [0.2, 0.25) is 0 Å². The zero-order valence-corrected chi connectivity index (χ0v) is 18.9. The van der Waals surface area contributed by atoms with E-state index in [-0.39, 0.29) is 23.9 Å². The molecule has 0 spiro atoms. The topological polar surface area (TPSA) is 100 Å². The van der Waals surface area contributed by atoms with E-state index in [4.69, 9.17) is 14.2 Å². The zero-order valence-electron chi connectivity index (χ0n) is 17.4. The molecule has 1 aliphatic rings. The SMILES string of the molecule is COc1cc(/C=C2\N=C(c3ccccc3)OC2=O)cc(Br)c1OCc1cccc([N+](=O)[O-])c1. The van der Waals surface area contributed by atoms with Gasteiger partial charge in [-0.3, -0.25) is 10.1 Å². The Bertz CT molecular complexity index is 1290. The summed E-state index contributed by atoms with van der Waals surface area (Å²) in [6.07, 6.45) is 1.59. The van der Waals surface area contributed by atoms with E-state index >= 15 is 0 Å². The minimum Gasteiger partial charge on any atom is -0.493 e. The smallest absolute Gasteiger partial charge is 0.363 e. The lowest BCUT2D eigenvalue weighted by molar-refractivity contribution is -0.384. The third-order valence-electron chi connectivity index (χ3n) is 4.70. The van der Waals surface area contributed by atoms with Crippen molar-refractivity contribution in [1.29, 1.82) is 0 Å². The Hall–Kier alpha value is -3.98. The van der Waals surface area contributed by atoms with Crippen molar-refractivity contribution in [1.82, 2.24) is 0 Å². The minimum atomic E-state index is -0.546. The lowest BCUT2D eigenvalue weighted by Crippen LogP contribution is -2.05. The molecule has 0 atom stereocenters. The second-order valence-electron chi connectivity index (χ2n) is 6.95. The molecule has 0 aliphatic carbocycles. The molecule has 0 radical (unpaired) electrons. The van der Waals surface area contributed by atoms with Gasteiger partial charge in [-0.2, -0.15) is 0 Å². The lowest BCUT2D eigenvalue weighted by Gasteiger charge is -2.13. The van der Waals surface area contributed by atoms with Gasteiger partial charge in [-0.25, -0.2) is 9.79 Å². The van der Waals surface area contributed by atoms with Crippen LogP contribution in [0.4, 0.5) is 5.69 Å². The Balaban J connectivity index is 1.57. The maximum absolute atomic E-state index is 12.3. The predicted molar refractivity (Wildman–Crippen MR) is 125 cm³/mol. The second-order valence-corrected chi connectivity index (χ2v) is 7.81. The highest BCUT2D eigenvalue weighted by atomic mass is 79.9. The Labute approximate surface area is 197 Å². The monoisotopic (exact) mass is 508 g/mol. The van der Waals surface area contributed by atoms with Crippen molar-refractivity contribution in [2.75, 3.05) is 7.11 Å². The fourth-order valence-electron chi connectivity index (χ4n) is 3.15. The summed E-state index contributed by atoms with van der Waals surface area (Å²) in [5.74, 6) is 0.540. The maximum atomic E-state index is 12.3. The average Bonchev–Trinajstić information content (AvgIpc) is 3.18. The van der Waals surface area contributed by atoms with E-state index in [0.29, 0.717) is 32.7 Å². The molecule has 8 nitrogen and oxygen atoms in total. The number of esters is 1. The Morgan fingerprint density at radius 2 is 1.91 bits per heavy atom. The van der Waals surface area contributed by atoms with Crippen molar-refractivity contribution in [3.63, 3.8) is 0 Å². The number of nitrogens with zero attached hydrogens (tertiary/aromatic N) is 2. The van der Waals surface area contributed by atoms with Crippen LogP contribution < -0.4 is 9.47 Å². The van der Waals surface area contributed by atoms with Crippen LogP contribution in [0.5, 0.6) is 11.5 Å². The van der Waals surface area contributed by atoms with Crippen molar-refractivity contribution in [2.45, 2.75) is 6.61 Å². The first-order valence-corrected chi connectivity index (χ1v) is 10.6. The largest absolute Gasteiger partial charge is 0.493 e. The molecular formula is C24H17BrN2O6. The fraction of sp³-hybridized carbons (Fsp3) is 0.0833. The molecule has 0 unspecified atom stereocenters. The number of methoxy groups -OCH3 is 1. The van der Waals surface area contributed by atoms with Gasteiger partial charge in [-0.15, -0.1) is 0 Å². The number of non-ortho nitro benzene ring substituents is 1. The Kier molecular flexibility index (Phi) is 6.50. The van der Waals surface area contributed by atoms with Gasteiger partial charge in [0.05, 0.1) is 16.5 Å². The first kappa shape index (κ1) is 22.2. The number of carbonyl (C=O) groups excluding carboxylic acids is 1. The van der Waals surface area contributed by atoms with Gasteiger partial charge < -0.3 is 14.2 Å². The molecule has 0 saturated carbocycles. The number of nitro groups is 1. The summed E-state index contributed by atoms with van der Waals surface area (Å²) in [4.78, 5) is 27.1. The highest BCUT2D eigenvalue weighted by molar-refractivity contribution is 9.10. The van der Waals surface area contributed by atoms with Gasteiger partial charge in [0, 0.05) is 17.7 Å². The summed E-state index contributed by atoms with van der Waals surface area (Å²) >= 11 is 3.47. The molecule has 33 heavy (non-hydrogen) atoms. The molecule has 1 aliphatic heterocycles.